The number of tetrazole rings is 2. The molecule has 2 aliphatic rings. The van der Waals surface area contributed by atoms with Gasteiger partial charge in [-0.05, 0) is 87.7 Å². The van der Waals surface area contributed by atoms with E-state index in [1.165, 1.54) is 11.1 Å². The predicted octanol–water partition coefficient (Wildman–Crippen LogP) is 1.93. The number of aromatic nitrogens is 8. The van der Waals surface area contributed by atoms with Crippen molar-refractivity contribution in [2.24, 2.45) is 28.8 Å². The van der Waals surface area contributed by atoms with Crippen molar-refractivity contribution in [3.8, 4) is 0 Å². The molecule has 2 aliphatic carbocycles. The van der Waals surface area contributed by atoms with E-state index in [9.17, 15) is 30.8 Å². The SMILES string of the molecule is O/N=C1/CC(O)C(C/C=C\CCCc2nn[nH]n2)C1/C=C/C(O)CCc1ccccc1.ONC1CC(O)C(C/C=C\CCCc2nn[nH]n2)C1/C=C/C(O)CCc1ccccc1.[B].[C-]#N.[Na+]. The summed E-state index contributed by atoms with van der Waals surface area (Å²) in [4.78, 5) is 0. The Morgan fingerprint density at radius 3 is 1.70 bits per heavy atom. The van der Waals surface area contributed by atoms with Gasteiger partial charge in [-0.1, -0.05) is 125 Å². The summed E-state index contributed by atoms with van der Waals surface area (Å²) >= 11 is 0. The summed E-state index contributed by atoms with van der Waals surface area (Å²) in [5, 5.41) is 97.9. The van der Waals surface area contributed by atoms with Crippen molar-refractivity contribution in [3.63, 3.8) is 0 Å². The first-order chi connectivity index (χ1) is 31.3. The smallest absolute Gasteiger partial charge is 0.512 e. The van der Waals surface area contributed by atoms with Crippen LogP contribution in [0.3, 0.4) is 0 Å². The molecule has 19 heteroatoms. The summed E-state index contributed by atoms with van der Waals surface area (Å²) in [5.41, 5.74) is 5.29. The van der Waals surface area contributed by atoms with Crippen molar-refractivity contribution < 1.29 is 60.4 Å². The van der Waals surface area contributed by atoms with Gasteiger partial charge in [-0.25, -0.2) is 5.48 Å². The van der Waals surface area contributed by atoms with E-state index in [2.05, 4.69) is 88.3 Å². The van der Waals surface area contributed by atoms with Gasteiger partial charge in [-0.15, -0.1) is 20.4 Å². The van der Waals surface area contributed by atoms with Gasteiger partial charge in [-0.3, -0.25) is 0 Å². The van der Waals surface area contributed by atoms with E-state index in [-0.39, 0.29) is 67.7 Å². The van der Waals surface area contributed by atoms with Crippen LogP contribution in [0.4, 0.5) is 0 Å². The minimum absolute atomic E-state index is 0. The van der Waals surface area contributed by atoms with Crippen molar-refractivity contribution >= 4 is 14.1 Å². The third-order valence-electron chi connectivity index (χ3n) is 11.7. The van der Waals surface area contributed by atoms with Crippen LogP contribution in [0.5, 0.6) is 0 Å². The van der Waals surface area contributed by atoms with Crippen LogP contribution in [0.1, 0.15) is 87.0 Å². The van der Waals surface area contributed by atoms with Crippen molar-refractivity contribution in [1.82, 2.24) is 46.7 Å². The number of nitrogens with one attached hydrogen (secondary N) is 3. The molecule has 0 aliphatic heterocycles. The summed E-state index contributed by atoms with van der Waals surface area (Å²) in [7, 11) is 0. The minimum atomic E-state index is -0.584. The Labute approximate surface area is 412 Å². The molecule has 17 nitrogen and oxygen atoms in total. The fraction of sp³-hybridized carbons (Fsp3) is 0.489. The number of aliphatic hydroxyl groups excluding tert-OH is 4. The summed E-state index contributed by atoms with van der Waals surface area (Å²) in [6.45, 7) is 4.75. The molecule has 0 amide bonds. The van der Waals surface area contributed by atoms with Crippen LogP contribution in [0.15, 0.2) is 114 Å². The van der Waals surface area contributed by atoms with Gasteiger partial charge in [0.1, 0.15) is 0 Å². The molecule has 347 valence electrons. The zero-order valence-corrected chi connectivity index (χ0v) is 39.8. The molecule has 9 N–H and O–H groups in total. The number of nitrogens with zero attached hydrogens (tertiary/aromatic N) is 8. The van der Waals surface area contributed by atoms with E-state index < -0.39 is 24.4 Å². The minimum Gasteiger partial charge on any atom is -0.512 e. The zero-order valence-electron chi connectivity index (χ0n) is 37.8. The van der Waals surface area contributed by atoms with Crippen LogP contribution in [0.25, 0.3) is 0 Å². The molecule has 6 rings (SSSR count). The van der Waals surface area contributed by atoms with Gasteiger partial charge < -0.3 is 42.7 Å². The van der Waals surface area contributed by atoms with Crippen molar-refractivity contribution in [2.45, 2.75) is 120 Å². The average molecular weight is 913 g/mol. The Morgan fingerprint density at radius 1 is 0.727 bits per heavy atom. The van der Waals surface area contributed by atoms with Crippen LogP contribution >= 0.6 is 0 Å². The first-order valence-electron chi connectivity index (χ1n) is 22.1. The van der Waals surface area contributed by atoms with Gasteiger partial charge in [0, 0.05) is 51.5 Å². The number of allylic oxidation sites excluding steroid dienone is 5. The molecular weight excluding hydrogens is 848 g/mol. The van der Waals surface area contributed by atoms with Gasteiger partial charge in [0.2, 0.25) is 0 Å². The summed E-state index contributed by atoms with van der Waals surface area (Å²) < 4.78 is 0. The molecular formula is C47H64BN11NaO6. The second-order valence-electron chi connectivity index (χ2n) is 16.1. The molecule has 2 saturated carbocycles. The molecule has 2 fully saturated rings. The number of aryl methyl sites for hydroxylation is 4. The van der Waals surface area contributed by atoms with Gasteiger partial charge in [-0.2, -0.15) is 10.4 Å². The maximum atomic E-state index is 10.5. The molecule has 66 heavy (non-hydrogen) atoms. The maximum absolute atomic E-state index is 10.5. The number of aliphatic hydroxyl groups is 4. The summed E-state index contributed by atoms with van der Waals surface area (Å²) in [5.74, 6) is 1.12. The number of unbranched alkanes of at least 4 members (excludes halogenated alkanes) is 2. The molecule has 2 aromatic carbocycles. The Bertz CT molecular complexity index is 1990. The normalized spacial score (nSPS) is 23.0. The molecule has 3 radical (unpaired) electrons. The summed E-state index contributed by atoms with van der Waals surface area (Å²) in [6.07, 6.45) is 23.8. The van der Waals surface area contributed by atoms with E-state index in [0.29, 0.717) is 49.5 Å². The van der Waals surface area contributed by atoms with Crippen LogP contribution in [-0.4, -0.2) is 117 Å². The number of oxime groups is 1. The van der Waals surface area contributed by atoms with E-state index in [4.69, 9.17) is 11.8 Å². The third kappa shape index (κ3) is 20.5. The van der Waals surface area contributed by atoms with E-state index >= 15 is 0 Å². The molecule has 0 bridgehead atoms. The Balaban J connectivity index is 0.000000425. The first-order valence-corrected chi connectivity index (χ1v) is 22.1. The van der Waals surface area contributed by atoms with Crippen molar-refractivity contribution in [2.75, 3.05) is 0 Å². The number of hydrogen-bond acceptors (Lipinski definition) is 15. The fourth-order valence-electron chi connectivity index (χ4n) is 8.22. The van der Waals surface area contributed by atoms with E-state index in [0.717, 1.165) is 57.8 Å². The maximum Gasteiger partial charge on any atom is 1.00 e. The van der Waals surface area contributed by atoms with Crippen molar-refractivity contribution in [1.29, 1.82) is 5.26 Å². The van der Waals surface area contributed by atoms with Crippen LogP contribution < -0.4 is 35.0 Å². The number of hydroxylamine groups is 1. The van der Waals surface area contributed by atoms with Gasteiger partial charge in [0.05, 0.1) is 30.1 Å². The topological polar surface area (TPSA) is 278 Å². The quantitative estimate of drug-likeness (QED) is 0.0129. The molecule has 9 unspecified atom stereocenters. The zero-order chi connectivity index (χ0) is 45.8. The third-order valence-corrected chi connectivity index (χ3v) is 11.7. The van der Waals surface area contributed by atoms with Gasteiger partial charge >= 0.3 is 29.6 Å². The standard InChI is InChI=1S/C23H33N5O3.C23H31N5O3.CN.B.Na/c2*29-18(13-12-17-8-4-3-5-9-17)14-15-19-20(22(30)16-21(19)26-31)10-6-1-2-7-11-23-24-27-28-25-23;1-2;;/h1,3-6,8-9,14-15,18-22,26,29-31H,2,7,10-13,16H2,(H,24,25,27,28);1,3-6,8-9,14-15,18-20,22,29-31H,2,7,10-13,16H2,(H,24,25,27,28);;;/q;;-1;;+1/b6-1-,15-14+;6-1-,15-14+,26-21-;;;. The van der Waals surface area contributed by atoms with E-state index in [1.807, 2.05) is 60.7 Å². The number of aromatic amines is 2. The molecule has 0 spiro atoms. The average Bonchev–Trinajstić information content (AvgIpc) is 4.16. The number of hydrogen-bond donors (Lipinski definition) is 9. The van der Waals surface area contributed by atoms with Crippen LogP contribution in [0, 0.1) is 35.5 Å². The molecule has 2 aromatic heterocycles. The number of H-pyrrole nitrogens is 2. The monoisotopic (exact) mass is 913 g/mol. The predicted molar refractivity (Wildman–Crippen MR) is 245 cm³/mol. The number of benzene rings is 2. The second-order valence-corrected chi connectivity index (χ2v) is 16.1. The largest absolute Gasteiger partial charge is 1.00 e. The Hall–Kier alpha value is -4.68. The molecule has 2 heterocycles. The second kappa shape index (κ2) is 33.7. The Morgan fingerprint density at radius 2 is 1.23 bits per heavy atom. The first kappa shape index (κ1) is 57.5. The van der Waals surface area contributed by atoms with E-state index in [1.54, 1.807) is 12.2 Å². The molecule has 4 aromatic rings. The van der Waals surface area contributed by atoms with Crippen LogP contribution in [0.2, 0.25) is 0 Å². The van der Waals surface area contributed by atoms with Gasteiger partial charge in [0.25, 0.3) is 0 Å². The number of rotatable bonds is 23. The molecule has 0 saturated heterocycles. The van der Waals surface area contributed by atoms with Crippen LogP contribution in [-0.2, 0) is 25.7 Å². The summed E-state index contributed by atoms with van der Waals surface area (Å²) in [6, 6.07) is 19.9. The van der Waals surface area contributed by atoms with Crippen molar-refractivity contribution in [3.05, 3.63) is 139 Å². The molecule has 9 atom stereocenters. The fourth-order valence-corrected chi connectivity index (χ4v) is 8.22. The van der Waals surface area contributed by atoms with Gasteiger partial charge in [0.15, 0.2) is 11.6 Å². The Kier molecular flexibility index (Phi) is 29.4.